The van der Waals surface area contributed by atoms with Gasteiger partial charge in [-0.15, -0.1) is 0 Å². The van der Waals surface area contributed by atoms with E-state index in [0.29, 0.717) is 13.0 Å². The summed E-state index contributed by atoms with van der Waals surface area (Å²) in [6, 6.07) is 0.184. The highest BCUT2D eigenvalue weighted by atomic mass is 16.4. The van der Waals surface area contributed by atoms with Gasteiger partial charge in [0.15, 0.2) is 0 Å². The Morgan fingerprint density at radius 1 is 1.11 bits per heavy atom. The van der Waals surface area contributed by atoms with Crippen LogP contribution in [0.5, 0.6) is 0 Å². The Bertz CT molecular complexity index is 327. The molecule has 1 aliphatic heterocycles. The van der Waals surface area contributed by atoms with Gasteiger partial charge in [0.1, 0.15) is 0 Å². The van der Waals surface area contributed by atoms with Gasteiger partial charge in [0.2, 0.25) is 5.91 Å². The summed E-state index contributed by atoms with van der Waals surface area (Å²) in [5.41, 5.74) is 0. The summed E-state index contributed by atoms with van der Waals surface area (Å²) in [4.78, 5) is 24.9. The number of carbonyl (C=O) groups excluding carboxylic acids is 1. The van der Waals surface area contributed by atoms with Gasteiger partial charge in [-0.1, -0.05) is 6.42 Å². The standard InChI is InChI=1S/C14H24N2O3/c17-13(16-7-2-1-3-8-16)10-15-12-6-4-5-11(9-12)14(18)19/h11-12,15H,1-10H2,(H,18,19). The molecule has 0 spiro atoms. The van der Waals surface area contributed by atoms with E-state index in [2.05, 4.69) is 5.32 Å². The highest BCUT2D eigenvalue weighted by molar-refractivity contribution is 5.78. The van der Waals surface area contributed by atoms with Crippen LogP contribution in [-0.2, 0) is 9.59 Å². The van der Waals surface area contributed by atoms with Gasteiger partial charge in [-0.3, -0.25) is 9.59 Å². The number of nitrogens with one attached hydrogen (secondary N) is 1. The quantitative estimate of drug-likeness (QED) is 0.804. The Kier molecular flexibility index (Phi) is 5.19. The molecule has 0 bridgehead atoms. The third-order valence-corrected chi connectivity index (χ3v) is 4.27. The molecule has 0 aromatic carbocycles. The van der Waals surface area contributed by atoms with Crippen molar-refractivity contribution in [2.45, 2.75) is 51.0 Å². The van der Waals surface area contributed by atoms with Crippen molar-refractivity contribution in [1.82, 2.24) is 10.2 Å². The molecule has 0 aromatic rings. The van der Waals surface area contributed by atoms with Crippen molar-refractivity contribution in [2.75, 3.05) is 19.6 Å². The van der Waals surface area contributed by atoms with Crippen molar-refractivity contribution < 1.29 is 14.7 Å². The molecule has 19 heavy (non-hydrogen) atoms. The summed E-state index contributed by atoms with van der Waals surface area (Å²) < 4.78 is 0. The molecule has 2 aliphatic rings. The van der Waals surface area contributed by atoms with Crippen LogP contribution in [0.25, 0.3) is 0 Å². The molecule has 0 radical (unpaired) electrons. The molecule has 1 saturated heterocycles. The molecule has 1 aliphatic carbocycles. The first-order valence-corrected chi connectivity index (χ1v) is 7.41. The van der Waals surface area contributed by atoms with Gasteiger partial charge in [-0.05, 0) is 38.5 Å². The van der Waals surface area contributed by atoms with E-state index in [1.807, 2.05) is 4.90 Å². The average Bonchev–Trinajstić information content (AvgIpc) is 2.46. The third-order valence-electron chi connectivity index (χ3n) is 4.27. The number of aliphatic carboxylic acids is 1. The zero-order valence-corrected chi connectivity index (χ0v) is 11.4. The van der Waals surface area contributed by atoms with Gasteiger partial charge in [0, 0.05) is 19.1 Å². The number of carboxylic acids is 1. The van der Waals surface area contributed by atoms with Gasteiger partial charge in [0.25, 0.3) is 0 Å². The van der Waals surface area contributed by atoms with Crippen LogP contribution >= 0.6 is 0 Å². The van der Waals surface area contributed by atoms with Crippen LogP contribution in [-0.4, -0.2) is 47.6 Å². The second-order valence-corrected chi connectivity index (χ2v) is 5.72. The lowest BCUT2D eigenvalue weighted by atomic mass is 9.86. The first-order valence-electron chi connectivity index (χ1n) is 7.41. The van der Waals surface area contributed by atoms with Gasteiger partial charge in [-0.2, -0.15) is 0 Å². The lowest BCUT2D eigenvalue weighted by Gasteiger charge is -2.30. The number of likely N-dealkylation sites (tertiary alicyclic amines) is 1. The minimum absolute atomic E-state index is 0.164. The number of carboxylic acid groups (broad SMARTS) is 1. The monoisotopic (exact) mass is 268 g/mol. The molecule has 1 amide bonds. The zero-order valence-electron chi connectivity index (χ0n) is 11.4. The van der Waals surface area contributed by atoms with Crippen molar-refractivity contribution in [3.63, 3.8) is 0 Å². The van der Waals surface area contributed by atoms with Crippen LogP contribution in [0.4, 0.5) is 0 Å². The molecule has 2 fully saturated rings. The van der Waals surface area contributed by atoms with Gasteiger partial charge < -0.3 is 15.3 Å². The molecular weight excluding hydrogens is 244 g/mol. The number of rotatable bonds is 4. The highest BCUT2D eigenvalue weighted by Crippen LogP contribution is 2.24. The Hall–Kier alpha value is -1.10. The molecule has 1 saturated carbocycles. The maximum atomic E-state index is 12.0. The van der Waals surface area contributed by atoms with Crippen molar-refractivity contribution in [1.29, 1.82) is 0 Å². The van der Waals surface area contributed by atoms with Crippen molar-refractivity contribution in [2.24, 2.45) is 5.92 Å². The molecular formula is C14H24N2O3. The number of nitrogens with zero attached hydrogens (tertiary/aromatic N) is 1. The van der Waals surface area contributed by atoms with E-state index in [4.69, 9.17) is 5.11 Å². The number of piperidine rings is 1. The predicted molar refractivity (Wildman–Crippen MR) is 71.8 cm³/mol. The van der Waals surface area contributed by atoms with Crippen molar-refractivity contribution >= 4 is 11.9 Å². The summed E-state index contributed by atoms with van der Waals surface area (Å²) in [5, 5.41) is 12.3. The Morgan fingerprint density at radius 3 is 2.53 bits per heavy atom. The van der Waals surface area contributed by atoms with Crippen LogP contribution in [0.1, 0.15) is 44.9 Å². The molecule has 0 aromatic heterocycles. The Labute approximate surface area is 114 Å². The van der Waals surface area contributed by atoms with E-state index < -0.39 is 5.97 Å². The van der Waals surface area contributed by atoms with Crippen molar-refractivity contribution in [3.8, 4) is 0 Å². The van der Waals surface area contributed by atoms with E-state index in [1.165, 1.54) is 6.42 Å². The molecule has 2 N–H and O–H groups in total. The molecule has 1 heterocycles. The summed E-state index contributed by atoms with van der Waals surface area (Å²) >= 11 is 0. The second kappa shape index (κ2) is 6.89. The fraction of sp³-hybridized carbons (Fsp3) is 0.857. The number of carbonyl (C=O) groups is 2. The first kappa shape index (κ1) is 14.3. The first-order chi connectivity index (χ1) is 9.16. The normalized spacial score (nSPS) is 28.1. The zero-order chi connectivity index (χ0) is 13.7. The largest absolute Gasteiger partial charge is 0.481 e. The fourth-order valence-corrected chi connectivity index (χ4v) is 3.09. The highest BCUT2D eigenvalue weighted by Gasteiger charge is 2.27. The Balaban J connectivity index is 1.72. The van der Waals surface area contributed by atoms with E-state index in [1.54, 1.807) is 0 Å². The molecule has 5 heteroatoms. The summed E-state index contributed by atoms with van der Waals surface area (Å²) in [5.74, 6) is -0.776. The average molecular weight is 268 g/mol. The number of amides is 1. The van der Waals surface area contributed by atoms with E-state index in [-0.39, 0.29) is 17.9 Å². The van der Waals surface area contributed by atoms with E-state index >= 15 is 0 Å². The predicted octanol–water partition coefficient (Wildman–Crippen LogP) is 1.23. The second-order valence-electron chi connectivity index (χ2n) is 5.72. The van der Waals surface area contributed by atoms with Gasteiger partial charge in [0.05, 0.1) is 12.5 Å². The lowest BCUT2D eigenvalue weighted by molar-refractivity contribution is -0.143. The van der Waals surface area contributed by atoms with Crippen LogP contribution in [0, 0.1) is 5.92 Å². The van der Waals surface area contributed by atoms with Crippen LogP contribution in [0.2, 0.25) is 0 Å². The van der Waals surface area contributed by atoms with E-state index in [9.17, 15) is 9.59 Å². The minimum atomic E-state index is -0.700. The molecule has 2 atom stereocenters. The van der Waals surface area contributed by atoms with Crippen molar-refractivity contribution in [3.05, 3.63) is 0 Å². The summed E-state index contributed by atoms with van der Waals surface area (Å²) in [7, 11) is 0. The van der Waals surface area contributed by atoms with Crippen LogP contribution < -0.4 is 5.32 Å². The molecule has 108 valence electrons. The molecule has 5 nitrogen and oxygen atoms in total. The summed E-state index contributed by atoms with van der Waals surface area (Å²) in [6.45, 7) is 2.11. The lowest BCUT2D eigenvalue weighted by Crippen LogP contribution is -2.45. The van der Waals surface area contributed by atoms with Crippen LogP contribution in [0.15, 0.2) is 0 Å². The minimum Gasteiger partial charge on any atom is -0.481 e. The number of hydrogen-bond acceptors (Lipinski definition) is 3. The topological polar surface area (TPSA) is 69.6 Å². The van der Waals surface area contributed by atoms with E-state index in [0.717, 1.165) is 45.2 Å². The summed E-state index contributed by atoms with van der Waals surface area (Å²) in [6.07, 6.45) is 6.78. The smallest absolute Gasteiger partial charge is 0.306 e. The maximum absolute atomic E-state index is 12.0. The SMILES string of the molecule is O=C(O)C1CCCC(NCC(=O)N2CCCCC2)C1. The van der Waals surface area contributed by atoms with Crippen LogP contribution in [0.3, 0.4) is 0 Å². The fourth-order valence-electron chi connectivity index (χ4n) is 3.09. The Morgan fingerprint density at radius 2 is 1.84 bits per heavy atom. The van der Waals surface area contributed by atoms with Gasteiger partial charge >= 0.3 is 5.97 Å². The third kappa shape index (κ3) is 4.20. The molecule has 2 unspecified atom stereocenters. The maximum Gasteiger partial charge on any atom is 0.306 e. The van der Waals surface area contributed by atoms with Gasteiger partial charge in [-0.25, -0.2) is 0 Å². The molecule has 2 rings (SSSR count). The number of hydrogen-bond donors (Lipinski definition) is 2.